The topological polar surface area (TPSA) is 108 Å². The zero-order valence-electron chi connectivity index (χ0n) is 18.5. The summed E-state index contributed by atoms with van der Waals surface area (Å²) in [5.74, 6) is -1.24. The zero-order chi connectivity index (χ0) is 23.8. The molecule has 0 saturated carbocycles. The Balaban J connectivity index is 1.51. The van der Waals surface area contributed by atoms with Gasteiger partial charge in [-0.15, -0.1) is 9.48 Å². The Morgan fingerprint density at radius 2 is 1.94 bits per heavy atom. The molecule has 0 aliphatic carbocycles. The average molecular weight is 499 g/mol. The third-order valence-electron chi connectivity index (χ3n) is 6.76. The van der Waals surface area contributed by atoms with Crippen LogP contribution in [0.4, 0.5) is 0 Å². The molecule has 0 spiro atoms. The quantitative estimate of drug-likeness (QED) is 0.435. The lowest BCUT2D eigenvalue weighted by Gasteiger charge is -2.29. The van der Waals surface area contributed by atoms with Crippen molar-refractivity contribution in [1.29, 1.82) is 0 Å². The number of sulfonamides is 1. The van der Waals surface area contributed by atoms with Gasteiger partial charge in [-0.25, -0.2) is 8.42 Å². The zero-order valence-corrected chi connectivity index (χ0v) is 20.0. The predicted octanol–water partition coefficient (Wildman–Crippen LogP) is 2.29. The summed E-state index contributed by atoms with van der Waals surface area (Å²) < 4.78 is 27.3. The minimum Gasteiger partial charge on any atom is -0.480 e. The first kappa shape index (κ1) is 24.2. The maximum Gasteiger partial charge on any atom is 0.318 e. The number of aliphatic carboxylic acids is 1. The Morgan fingerprint density at radius 1 is 1.27 bits per heavy atom. The van der Waals surface area contributed by atoms with E-state index in [-0.39, 0.29) is 10.6 Å². The Hall–Kier alpha value is -1.98. The number of benzene rings is 1. The Labute approximate surface area is 198 Å². The normalized spacial score (nSPS) is 28.2. The highest BCUT2D eigenvalue weighted by molar-refractivity contribution is 7.92. The number of amides is 1. The van der Waals surface area contributed by atoms with Crippen molar-refractivity contribution in [2.75, 3.05) is 26.2 Å². The van der Waals surface area contributed by atoms with Gasteiger partial charge < -0.3 is 10.0 Å². The molecule has 33 heavy (non-hydrogen) atoms. The van der Waals surface area contributed by atoms with Crippen molar-refractivity contribution in [1.82, 2.24) is 9.21 Å². The van der Waals surface area contributed by atoms with E-state index >= 15 is 0 Å². The van der Waals surface area contributed by atoms with E-state index in [1.54, 1.807) is 24.3 Å². The highest BCUT2D eigenvalue weighted by Gasteiger charge is 2.74. The molecule has 4 rings (SSSR count). The summed E-state index contributed by atoms with van der Waals surface area (Å²) in [7, 11) is -4.05. The van der Waals surface area contributed by atoms with Crippen LogP contribution in [-0.2, 0) is 24.4 Å². The third kappa shape index (κ3) is 4.95. The Morgan fingerprint density at radius 3 is 2.55 bits per heavy atom. The summed E-state index contributed by atoms with van der Waals surface area (Å²) in [6.45, 7) is 3.06. The number of fused-ring (bicyclic) bond motifs is 1. The van der Waals surface area contributed by atoms with Gasteiger partial charge in [0.25, 0.3) is 12.1 Å². The molecule has 0 radical (unpaired) electrons. The molecular formula is C22H29ClN3O6S+. The van der Waals surface area contributed by atoms with Crippen LogP contribution in [0.1, 0.15) is 38.2 Å². The first-order valence-corrected chi connectivity index (χ1v) is 13.0. The van der Waals surface area contributed by atoms with Crippen LogP contribution >= 0.6 is 11.6 Å². The van der Waals surface area contributed by atoms with E-state index in [2.05, 4.69) is 0 Å². The largest absolute Gasteiger partial charge is 0.480 e. The molecule has 1 aromatic rings. The van der Waals surface area contributed by atoms with E-state index in [1.807, 2.05) is 11.8 Å². The van der Waals surface area contributed by atoms with Gasteiger partial charge in [-0.2, -0.15) is 4.31 Å². The van der Waals surface area contributed by atoms with Gasteiger partial charge in [0, 0.05) is 36.9 Å². The number of carboxylic acids is 1. The summed E-state index contributed by atoms with van der Waals surface area (Å²) >= 11 is 5.87. The van der Waals surface area contributed by atoms with Gasteiger partial charge in [0.1, 0.15) is 19.1 Å². The molecule has 4 atom stereocenters. The van der Waals surface area contributed by atoms with E-state index in [0.29, 0.717) is 23.6 Å². The second-order valence-corrected chi connectivity index (χ2v) is 11.0. The minimum absolute atomic E-state index is 0.00752. The number of hydroxylamine groups is 3. The number of carbonyl (C=O) groups is 2. The molecular weight excluding hydrogens is 470 g/mol. The number of nitrogens with zero attached hydrogens (tertiary/aromatic N) is 3. The first-order valence-electron chi connectivity index (χ1n) is 11.2. The molecule has 3 saturated heterocycles. The van der Waals surface area contributed by atoms with E-state index in [0.717, 1.165) is 42.1 Å². The number of halogens is 1. The van der Waals surface area contributed by atoms with Crippen LogP contribution in [0.5, 0.6) is 0 Å². The number of hydrogen-bond donors (Lipinski definition) is 1. The fourth-order valence-corrected chi connectivity index (χ4v) is 6.38. The van der Waals surface area contributed by atoms with Gasteiger partial charge in [0.2, 0.25) is 10.0 Å². The van der Waals surface area contributed by atoms with Crippen molar-refractivity contribution >= 4 is 39.6 Å². The third-order valence-corrected chi connectivity index (χ3v) is 8.55. The molecule has 2 unspecified atom stereocenters. The number of carboxylic acid groups (broad SMARTS) is 1. The fourth-order valence-electron chi connectivity index (χ4n) is 4.89. The summed E-state index contributed by atoms with van der Waals surface area (Å²) in [5.41, 5.74) is 0.623. The van der Waals surface area contributed by atoms with Crippen LogP contribution in [0.3, 0.4) is 0 Å². The van der Waals surface area contributed by atoms with Crippen molar-refractivity contribution < 1.29 is 32.6 Å². The van der Waals surface area contributed by atoms with Crippen molar-refractivity contribution in [3.8, 4) is 0 Å². The summed E-state index contributed by atoms with van der Waals surface area (Å²) in [4.78, 5) is 32.3. The Kier molecular flexibility index (Phi) is 6.84. The minimum atomic E-state index is -4.05. The maximum absolute atomic E-state index is 13.1. The predicted molar refractivity (Wildman–Crippen MR) is 122 cm³/mol. The number of likely N-dealkylation sites (tertiary alicyclic amines) is 1. The number of hydrogen-bond acceptors (Lipinski definition) is 5. The second-order valence-electron chi connectivity index (χ2n) is 8.83. The number of rotatable bonds is 8. The molecule has 3 fully saturated rings. The highest BCUT2D eigenvalue weighted by Crippen LogP contribution is 2.48. The molecule has 11 heteroatoms. The number of piperidine rings is 1. The smallest absolute Gasteiger partial charge is 0.318 e. The van der Waals surface area contributed by atoms with Crippen LogP contribution in [-0.4, -0.2) is 83.7 Å². The first-order chi connectivity index (χ1) is 15.6. The van der Waals surface area contributed by atoms with Gasteiger partial charge in [-0.05, 0) is 43.0 Å². The molecule has 3 aliphatic heterocycles. The van der Waals surface area contributed by atoms with E-state index < -0.39 is 40.8 Å². The average Bonchev–Trinajstić information content (AvgIpc) is 3.42. The van der Waals surface area contributed by atoms with Gasteiger partial charge in [0.05, 0.1) is 0 Å². The fraction of sp³-hybridized carbons (Fsp3) is 0.545. The SMILES string of the molecule is C[C@@H](C(=O)N1CCCCC1)[N+]12CC[C@H](N(CC(=O)O)S(=O)(=O)/C=C/c3ccc(Cl)cc3)C1O2. The molecule has 180 valence electrons. The van der Waals surface area contributed by atoms with Gasteiger partial charge in [-0.1, -0.05) is 23.7 Å². The maximum atomic E-state index is 13.1. The second kappa shape index (κ2) is 9.34. The lowest BCUT2D eigenvalue weighted by molar-refractivity contribution is -0.928. The molecule has 1 aromatic carbocycles. The van der Waals surface area contributed by atoms with Crippen LogP contribution in [0.25, 0.3) is 6.08 Å². The summed E-state index contributed by atoms with van der Waals surface area (Å²) in [6, 6.07) is 5.51. The summed E-state index contributed by atoms with van der Waals surface area (Å²) in [5, 5.41) is 10.9. The lowest BCUT2D eigenvalue weighted by Crippen LogP contribution is -2.51. The van der Waals surface area contributed by atoms with E-state index in [9.17, 15) is 23.1 Å². The van der Waals surface area contributed by atoms with Gasteiger partial charge in [0.15, 0.2) is 6.04 Å². The molecule has 9 nitrogen and oxygen atoms in total. The van der Waals surface area contributed by atoms with Gasteiger partial charge >= 0.3 is 5.97 Å². The van der Waals surface area contributed by atoms with Gasteiger partial charge in [-0.3, -0.25) is 9.59 Å². The van der Waals surface area contributed by atoms with Crippen molar-refractivity contribution in [2.24, 2.45) is 0 Å². The molecule has 3 heterocycles. The molecule has 3 aliphatic rings. The number of quaternary nitrogens is 1. The number of carbonyl (C=O) groups excluding carboxylic acids is 1. The van der Waals surface area contributed by atoms with Crippen LogP contribution in [0, 0.1) is 0 Å². The monoisotopic (exact) mass is 498 g/mol. The summed E-state index contributed by atoms with van der Waals surface area (Å²) in [6.07, 6.45) is 4.36. The molecule has 0 aromatic heterocycles. The Bertz CT molecular complexity index is 1040. The standard InChI is InChI=1S/C22H28ClN3O6S/c1-16(21(29)24-11-3-2-4-12-24)26-13-9-19(22(26)32-26)25(15-20(27)28)33(30,31)14-10-17-5-7-18(23)8-6-17/h5-8,10,14,16,19,22H,2-4,9,11-13,15H2,1H3/p+1/b14-10+/t16-,19-,22?,26?/m0/s1. The molecule has 1 N–H and O–H groups in total. The highest BCUT2D eigenvalue weighted by atomic mass is 35.5. The van der Waals surface area contributed by atoms with Crippen LogP contribution in [0.15, 0.2) is 29.7 Å². The molecule has 1 amide bonds. The van der Waals surface area contributed by atoms with Crippen LogP contribution < -0.4 is 0 Å². The van der Waals surface area contributed by atoms with E-state index in [1.165, 1.54) is 6.08 Å². The molecule has 0 bridgehead atoms. The van der Waals surface area contributed by atoms with Crippen molar-refractivity contribution in [3.05, 3.63) is 40.3 Å². The van der Waals surface area contributed by atoms with Crippen molar-refractivity contribution in [3.63, 3.8) is 0 Å². The van der Waals surface area contributed by atoms with Crippen molar-refractivity contribution in [2.45, 2.75) is 50.9 Å². The van der Waals surface area contributed by atoms with E-state index in [4.69, 9.17) is 16.4 Å². The van der Waals surface area contributed by atoms with Crippen LogP contribution in [0.2, 0.25) is 5.02 Å². The lowest BCUT2D eigenvalue weighted by atomic mass is 10.1.